The lowest BCUT2D eigenvalue weighted by molar-refractivity contribution is -0.243. The number of hydrogen-bond donors (Lipinski definition) is 4. The third-order valence-electron chi connectivity index (χ3n) is 8.16. The maximum atomic E-state index is 13.4. The minimum atomic E-state index is -4.67. The summed E-state index contributed by atoms with van der Waals surface area (Å²) in [5, 5.41) is 5.23. The van der Waals surface area contributed by atoms with Crippen LogP contribution >= 0.6 is 23.2 Å². The van der Waals surface area contributed by atoms with E-state index in [-0.39, 0.29) is 63.4 Å². The standard InChI is InChI=1S/C22H19Cl2F5N6O3.C7H11F3/c23-11-3-2-9(7-31-19(37)21(4-1-5-21)22(27,28)29)14(24)15(11)33-20-32-12-6-10(16(30)36)18(34-17(12)35-20)38-8-13(25)26;8-7(9,10)6-4-2-1-3-5-6/h2-3,6,13H,1,4-5,7-8H2,(H2,30,36)(H,31,37)(H2,32,33,34,35);6H,1-5H2. The molecule has 0 radical (unpaired) electrons. The van der Waals surface area contributed by atoms with Crippen LogP contribution in [-0.2, 0) is 11.3 Å². The Balaban J connectivity index is 0.000000445. The number of fused-ring (bicyclic) bond motifs is 1. The lowest BCUT2D eigenvalue weighted by atomic mass is 9.67. The predicted molar refractivity (Wildman–Crippen MR) is 160 cm³/mol. The monoisotopic (exact) mass is 732 g/mol. The second-order valence-corrected chi connectivity index (χ2v) is 12.2. The number of halogens is 10. The molecule has 2 amide bonds. The van der Waals surface area contributed by atoms with E-state index in [9.17, 15) is 44.7 Å². The molecule has 0 aliphatic heterocycles. The number of aromatic amines is 1. The number of nitrogens with zero attached hydrogens (tertiary/aromatic N) is 2. The number of nitrogens with one attached hydrogen (secondary N) is 3. The number of pyridine rings is 1. The molecule has 19 heteroatoms. The summed E-state index contributed by atoms with van der Waals surface area (Å²) < 4.78 is 106. The number of carbonyl (C=O) groups is 2. The molecule has 0 unspecified atom stereocenters. The van der Waals surface area contributed by atoms with Crippen LogP contribution in [0.3, 0.4) is 0 Å². The van der Waals surface area contributed by atoms with E-state index in [1.165, 1.54) is 18.2 Å². The van der Waals surface area contributed by atoms with Gasteiger partial charge in [0.2, 0.25) is 17.7 Å². The lowest BCUT2D eigenvalue weighted by Gasteiger charge is -2.41. The number of nitrogens with two attached hydrogens (primary N) is 1. The van der Waals surface area contributed by atoms with Gasteiger partial charge in [-0.25, -0.2) is 8.78 Å². The van der Waals surface area contributed by atoms with Gasteiger partial charge in [0.05, 0.1) is 27.2 Å². The molecule has 48 heavy (non-hydrogen) atoms. The van der Waals surface area contributed by atoms with Crippen LogP contribution in [0, 0.1) is 11.3 Å². The molecule has 0 bridgehead atoms. The molecule has 264 valence electrons. The van der Waals surface area contributed by atoms with Crippen molar-refractivity contribution < 1.29 is 49.4 Å². The largest absolute Gasteiger partial charge is 0.471 e. The summed E-state index contributed by atoms with van der Waals surface area (Å²) in [6.07, 6.45) is -8.49. The summed E-state index contributed by atoms with van der Waals surface area (Å²) in [6, 6.07) is 4.08. The Hall–Kier alpha value is -3.60. The molecule has 9 nitrogen and oxygen atoms in total. The third-order valence-corrected chi connectivity index (χ3v) is 8.90. The highest BCUT2D eigenvalue weighted by Crippen LogP contribution is 2.53. The van der Waals surface area contributed by atoms with Gasteiger partial charge < -0.3 is 26.1 Å². The molecular weight excluding hydrogens is 703 g/mol. The number of alkyl halides is 8. The fourth-order valence-electron chi connectivity index (χ4n) is 5.32. The number of imidazole rings is 1. The Kier molecular flexibility index (Phi) is 11.5. The summed E-state index contributed by atoms with van der Waals surface area (Å²) >= 11 is 12.7. The molecule has 2 heterocycles. The van der Waals surface area contributed by atoms with Gasteiger partial charge in [0, 0.05) is 6.54 Å². The van der Waals surface area contributed by atoms with E-state index in [4.69, 9.17) is 33.7 Å². The zero-order chi connectivity index (χ0) is 35.4. The summed E-state index contributed by atoms with van der Waals surface area (Å²) in [4.78, 5) is 35.0. The van der Waals surface area contributed by atoms with Gasteiger partial charge in [-0.05, 0) is 43.4 Å². The van der Waals surface area contributed by atoms with E-state index in [1.807, 2.05) is 0 Å². The number of aromatic nitrogens is 3. The highest BCUT2D eigenvalue weighted by molar-refractivity contribution is 6.39. The van der Waals surface area contributed by atoms with Crippen LogP contribution in [-0.4, -0.2) is 52.2 Å². The average molecular weight is 733 g/mol. The molecule has 0 atom stereocenters. The van der Waals surface area contributed by atoms with Crippen molar-refractivity contribution in [1.82, 2.24) is 20.3 Å². The van der Waals surface area contributed by atoms with Crippen molar-refractivity contribution in [2.45, 2.75) is 76.7 Å². The Bertz CT molecular complexity index is 1620. The normalized spacial score (nSPS) is 16.6. The smallest absolute Gasteiger partial charge is 0.403 e. The van der Waals surface area contributed by atoms with Crippen molar-refractivity contribution in [3.8, 4) is 5.88 Å². The van der Waals surface area contributed by atoms with Crippen LogP contribution < -0.4 is 21.1 Å². The molecular formula is C29H30Cl2F8N6O3. The molecule has 0 spiro atoms. The number of carbonyl (C=O) groups excluding carboxylic acids is 2. The van der Waals surface area contributed by atoms with Crippen molar-refractivity contribution in [2.75, 3.05) is 11.9 Å². The maximum Gasteiger partial charge on any atom is 0.403 e. The van der Waals surface area contributed by atoms with Crippen molar-refractivity contribution in [1.29, 1.82) is 0 Å². The number of H-pyrrole nitrogens is 1. The second-order valence-electron chi connectivity index (χ2n) is 11.4. The Morgan fingerprint density at radius 3 is 2.23 bits per heavy atom. The summed E-state index contributed by atoms with van der Waals surface area (Å²) in [7, 11) is 0. The van der Waals surface area contributed by atoms with Crippen LogP contribution in [0.15, 0.2) is 18.2 Å². The van der Waals surface area contributed by atoms with Gasteiger partial charge in [-0.3, -0.25) is 9.59 Å². The minimum Gasteiger partial charge on any atom is -0.471 e. The lowest BCUT2D eigenvalue weighted by Crippen LogP contribution is -2.54. The van der Waals surface area contributed by atoms with Crippen molar-refractivity contribution in [3.63, 3.8) is 0 Å². The number of ether oxygens (including phenoxy) is 1. The predicted octanol–water partition coefficient (Wildman–Crippen LogP) is 8.23. The van der Waals surface area contributed by atoms with E-state index in [0.29, 0.717) is 19.3 Å². The van der Waals surface area contributed by atoms with E-state index in [2.05, 4.69) is 25.6 Å². The minimum absolute atomic E-state index is 0.000311. The molecule has 2 aromatic heterocycles. The van der Waals surface area contributed by atoms with E-state index in [1.54, 1.807) is 0 Å². The molecule has 5 N–H and O–H groups in total. The summed E-state index contributed by atoms with van der Waals surface area (Å²) in [6.45, 7) is -1.32. The summed E-state index contributed by atoms with van der Waals surface area (Å²) in [5.74, 6) is -3.51. The number of benzene rings is 1. The average Bonchev–Trinajstić information content (AvgIpc) is 3.37. The number of hydrogen-bond acceptors (Lipinski definition) is 6. The van der Waals surface area contributed by atoms with Crippen LogP contribution in [0.2, 0.25) is 10.0 Å². The zero-order valence-corrected chi connectivity index (χ0v) is 26.4. The molecule has 2 fully saturated rings. The van der Waals surface area contributed by atoms with E-state index < -0.39 is 54.4 Å². The number of primary amides is 1. The van der Waals surface area contributed by atoms with Gasteiger partial charge in [-0.1, -0.05) is 55.0 Å². The van der Waals surface area contributed by atoms with E-state index in [0.717, 1.165) is 19.3 Å². The fourth-order valence-corrected chi connectivity index (χ4v) is 5.85. The van der Waals surface area contributed by atoms with Gasteiger partial charge in [-0.2, -0.15) is 36.3 Å². The number of amides is 2. The first kappa shape index (κ1) is 37.2. The molecule has 5 rings (SSSR count). The first-order chi connectivity index (χ1) is 22.4. The Morgan fingerprint density at radius 1 is 1.04 bits per heavy atom. The topological polar surface area (TPSA) is 135 Å². The molecule has 2 aliphatic rings. The van der Waals surface area contributed by atoms with Gasteiger partial charge in [0.1, 0.15) is 11.0 Å². The molecule has 1 aromatic carbocycles. The second kappa shape index (κ2) is 14.9. The van der Waals surface area contributed by atoms with Crippen LogP contribution in [0.1, 0.15) is 67.3 Å². The Labute approximate surface area is 278 Å². The maximum absolute atomic E-state index is 13.4. The van der Waals surface area contributed by atoms with Crippen molar-refractivity contribution >= 4 is 57.8 Å². The van der Waals surface area contributed by atoms with Crippen molar-refractivity contribution in [2.24, 2.45) is 17.1 Å². The fraction of sp³-hybridized carbons (Fsp3) is 0.517. The quantitative estimate of drug-likeness (QED) is 0.164. The molecule has 2 saturated carbocycles. The van der Waals surface area contributed by atoms with Crippen LogP contribution in [0.25, 0.3) is 11.2 Å². The summed E-state index contributed by atoms with van der Waals surface area (Å²) in [5.41, 5.74) is 3.18. The zero-order valence-electron chi connectivity index (χ0n) is 24.9. The first-order valence-corrected chi connectivity index (χ1v) is 15.5. The number of anilines is 2. The van der Waals surface area contributed by atoms with Gasteiger partial charge >= 0.3 is 12.4 Å². The third kappa shape index (κ3) is 8.51. The number of rotatable bonds is 9. The van der Waals surface area contributed by atoms with E-state index >= 15 is 0 Å². The van der Waals surface area contributed by atoms with Crippen LogP contribution in [0.5, 0.6) is 5.88 Å². The first-order valence-electron chi connectivity index (χ1n) is 14.7. The molecule has 2 aliphatic carbocycles. The van der Waals surface area contributed by atoms with Gasteiger partial charge in [-0.15, -0.1) is 0 Å². The SMILES string of the molecule is FC(F)(F)C1CCCCC1.NC(=O)c1cc2[nH]c(Nc3c(Cl)ccc(CNC(=O)C4(C(F)(F)F)CCC4)c3Cl)nc2nc1OCC(F)F. The highest BCUT2D eigenvalue weighted by Gasteiger charge is 2.63. The molecule has 3 aromatic rings. The molecule has 0 saturated heterocycles. The van der Waals surface area contributed by atoms with Crippen LogP contribution in [0.4, 0.5) is 46.8 Å². The highest BCUT2D eigenvalue weighted by atomic mass is 35.5. The van der Waals surface area contributed by atoms with Crippen molar-refractivity contribution in [3.05, 3.63) is 39.4 Å². The van der Waals surface area contributed by atoms with Gasteiger partial charge in [0.15, 0.2) is 12.3 Å². The Morgan fingerprint density at radius 2 is 1.71 bits per heavy atom. The van der Waals surface area contributed by atoms with Gasteiger partial charge in [0.25, 0.3) is 12.3 Å².